The molecular weight excluding hydrogens is 264 g/mol. The predicted molar refractivity (Wildman–Crippen MR) is 83.7 cm³/mol. The molecule has 2 aliphatic rings. The van der Waals surface area contributed by atoms with Crippen molar-refractivity contribution in [3.05, 3.63) is 23.4 Å². The molecule has 0 aliphatic heterocycles. The van der Waals surface area contributed by atoms with Gasteiger partial charge in [0, 0.05) is 19.8 Å². The summed E-state index contributed by atoms with van der Waals surface area (Å²) in [5, 5.41) is 12.2. The quantitative estimate of drug-likeness (QED) is 0.386. The Balaban J connectivity index is 1.81. The van der Waals surface area contributed by atoms with E-state index in [2.05, 4.69) is 22.1 Å². The van der Waals surface area contributed by atoms with Crippen molar-refractivity contribution >= 4 is 11.7 Å². The molecule has 0 spiro atoms. The van der Waals surface area contributed by atoms with Crippen LogP contribution in [0.15, 0.2) is 17.4 Å². The Morgan fingerprint density at radius 3 is 2.90 bits per heavy atom. The molecule has 0 saturated heterocycles. The number of anilines is 1. The van der Waals surface area contributed by atoms with Gasteiger partial charge in [-0.15, -0.1) is 0 Å². The molecule has 3 rings (SSSR count). The summed E-state index contributed by atoms with van der Waals surface area (Å²) in [6.07, 6.45) is 7.35. The van der Waals surface area contributed by atoms with Gasteiger partial charge in [-0.1, -0.05) is 11.6 Å². The molecular formula is C16H24N4O. The van der Waals surface area contributed by atoms with E-state index in [1.54, 1.807) is 6.20 Å². The zero-order chi connectivity index (χ0) is 15.0. The number of hydrogen-bond donors (Lipinski definition) is 2. The number of oxime groups is 1. The first-order valence-corrected chi connectivity index (χ1v) is 7.74. The van der Waals surface area contributed by atoms with Crippen LogP contribution in [0.1, 0.15) is 36.8 Å². The summed E-state index contributed by atoms with van der Waals surface area (Å²) < 4.78 is 0. The molecule has 2 saturated carbocycles. The number of aromatic nitrogens is 1. The zero-order valence-corrected chi connectivity index (χ0v) is 12.8. The molecule has 0 radical (unpaired) electrons. The van der Waals surface area contributed by atoms with Gasteiger partial charge in [0.2, 0.25) is 0 Å². The van der Waals surface area contributed by atoms with E-state index in [0.29, 0.717) is 0 Å². The third-order valence-corrected chi connectivity index (χ3v) is 5.26. The molecule has 1 aromatic rings. The second-order valence-corrected chi connectivity index (χ2v) is 6.63. The van der Waals surface area contributed by atoms with Gasteiger partial charge < -0.3 is 15.8 Å². The van der Waals surface area contributed by atoms with E-state index in [1.165, 1.54) is 25.7 Å². The fraction of sp³-hybridized carbons (Fsp3) is 0.625. The number of rotatable bonds is 4. The van der Waals surface area contributed by atoms with Crippen molar-refractivity contribution in [3.8, 4) is 0 Å². The summed E-state index contributed by atoms with van der Waals surface area (Å²) in [6.45, 7) is 2.97. The van der Waals surface area contributed by atoms with Gasteiger partial charge in [-0.25, -0.2) is 4.98 Å². The van der Waals surface area contributed by atoms with Gasteiger partial charge in [-0.2, -0.15) is 0 Å². The molecule has 2 bridgehead atoms. The van der Waals surface area contributed by atoms with Crippen molar-refractivity contribution in [2.24, 2.45) is 28.6 Å². The van der Waals surface area contributed by atoms with Gasteiger partial charge in [0.05, 0.1) is 5.56 Å². The third-order valence-electron chi connectivity index (χ3n) is 5.26. The standard InChI is InChI=1S/C16H24N4O/c1-10-5-6-18-16(14(10)15(17)19-21)20(2)9-13-8-11-3-4-12(13)7-11/h5-6,11-13,21H,3-4,7-9H2,1-2H3,(H2,17,19). The number of nitrogens with zero attached hydrogens (tertiary/aromatic N) is 3. The van der Waals surface area contributed by atoms with Crippen LogP contribution < -0.4 is 10.6 Å². The summed E-state index contributed by atoms with van der Waals surface area (Å²) in [5.41, 5.74) is 7.56. The van der Waals surface area contributed by atoms with Gasteiger partial charge in [0.1, 0.15) is 5.82 Å². The largest absolute Gasteiger partial charge is 0.409 e. The summed E-state index contributed by atoms with van der Waals surface area (Å²) in [6, 6.07) is 1.89. The molecule has 114 valence electrons. The van der Waals surface area contributed by atoms with Crippen molar-refractivity contribution in [3.63, 3.8) is 0 Å². The first kappa shape index (κ1) is 14.2. The number of nitrogens with two attached hydrogens (primary N) is 1. The Kier molecular flexibility index (Phi) is 3.74. The van der Waals surface area contributed by atoms with Crippen LogP contribution in [-0.4, -0.2) is 29.6 Å². The normalized spacial score (nSPS) is 28.1. The average Bonchev–Trinajstić information content (AvgIpc) is 3.08. The van der Waals surface area contributed by atoms with Crippen LogP contribution in [0.25, 0.3) is 0 Å². The zero-order valence-electron chi connectivity index (χ0n) is 12.8. The first-order valence-electron chi connectivity index (χ1n) is 7.74. The molecule has 3 N–H and O–H groups in total. The summed E-state index contributed by atoms with van der Waals surface area (Å²) in [7, 11) is 2.06. The highest BCUT2D eigenvalue weighted by molar-refractivity contribution is 6.02. The number of fused-ring (bicyclic) bond motifs is 2. The first-order chi connectivity index (χ1) is 10.1. The summed E-state index contributed by atoms with van der Waals surface area (Å²) in [5.74, 6) is 3.54. The van der Waals surface area contributed by atoms with Crippen LogP contribution in [0.4, 0.5) is 5.82 Å². The van der Waals surface area contributed by atoms with Crippen molar-refractivity contribution in [2.45, 2.75) is 32.6 Å². The van der Waals surface area contributed by atoms with Crippen LogP contribution in [0.3, 0.4) is 0 Å². The lowest BCUT2D eigenvalue weighted by Crippen LogP contribution is -2.31. The van der Waals surface area contributed by atoms with Gasteiger partial charge in [0.25, 0.3) is 0 Å². The van der Waals surface area contributed by atoms with Gasteiger partial charge in [-0.05, 0) is 55.6 Å². The topological polar surface area (TPSA) is 74.7 Å². The minimum absolute atomic E-state index is 0.135. The second-order valence-electron chi connectivity index (χ2n) is 6.63. The van der Waals surface area contributed by atoms with E-state index in [0.717, 1.165) is 41.2 Å². The Morgan fingerprint density at radius 1 is 1.48 bits per heavy atom. The maximum atomic E-state index is 9.01. The highest BCUT2D eigenvalue weighted by Gasteiger charge is 2.39. The lowest BCUT2D eigenvalue weighted by Gasteiger charge is -2.29. The Hall–Kier alpha value is -1.78. The smallest absolute Gasteiger partial charge is 0.174 e. The van der Waals surface area contributed by atoms with E-state index in [1.807, 2.05) is 13.0 Å². The second kappa shape index (κ2) is 5.54. The Bertz CT molecular complexity index is 557. The lowest BCUT2D eigenvalue weighted by molar-refractivity contribution is 0.318. The Labute approximate surface area is 125 Å². The van der Waals surface area contributed by atoms with Gasteiger partial charge in [0.15, 0.2) is 5.84 Å². The molecule has 0 amide bonds. The predicted octanol–water partition coefficient (Wildman–Crippen LogP) is 2.36. The molecule has 5 nitrogen and oxygen atoms in total. The summed E-state index contributed by atoms with van der Waals surface area (Å²) >= 11 is 0. The maximum absolute atomic E-state index is 9.01. The molecule has 3 atom stereocenters. The summed E-state index contributed by atoms with van der Waals surface area (Å²) in [4.78, 5) is 6.64. The van der Waals surface area contributed by atoms with E-state index in [-0.39, 0.29) is 5.84 Å². The van der Waals surface area contributed by atoms with E-state index < -0.39 is 0 Å². The number of aryl methyl sites for hydroxylation is 1. The molecule has 21 heavy (non-hydrogen) atoms. The van der Waals surface area contributed by atoms with E-state index in [4.69, 9.17) is 10.9 Å². The van der Waals surface area contributed by atoms with E-state index in [9.17, 15) is 0 Å². The number of amidine groups is 1. The fourth-order valence-electron chi connectivity index (χ4n) is 4.24. The van der Waals surface area contributed by atoms with Gasteiger partial charge >= 0.3 is 0 Å². The molecule has 5 heteroatoms. The molecule has 2 fully saturated rings. The van der Waals surface area contributed by atoms with Crippen LogP contribution in [0.5, 0.6) is 0 Å². The third kappa shape index (κ3) is 2.57. The molecule has 3 unspecified atom stereocenters. The SMILES string of the molecule is Cc1ccnc(N(C)CC2CC3CCC2C3)c1/C(N)=N/O. The average molecular weight is 288 g/mol. The monoisotopic (exact) mass is 288 g/mol. The van der Waals surface area contributed by atoms with E-state index >= 15 is 0 Å². The van der Waals surface area contributed by atoms with Crippen LogP contribution >= 0.6 is 0 Å². The molecule has 1 heterocycles. The van der Waals surface area contributed by atoms with Crippen molar-refractivity contribution < 1.29 is 5.21 Å². The molecule has 1 aromatic heterocycles. The van der Waals surface area contributed by atoms with Crippen LogP contribution in [0.2, 0.25) is 0 Å². The minimum atomic E-state index is 0.135. The maximum Gasteiger partial charge on any atom is 0.174 e. The minimum Gasteiger partial charge on any atom is -0.409 e. The number of hydrogen-bond acceptors (Lipinski definition) is 4. The van der Waals surface area contributed by atoms with Crippen LogP contribution in [0, 0.1) is 24.7 Å². The highest BCUT2D eigenvalue weighted by Crippen LogP contribution is 2.48. The lowest BCUT2D eigenvalue weighted by atomic mass is 9.88. The van der Waals surface area contributed by atoms with Crippen molar-refractivity contribution in [1.29, 1.82) is 0 Å². The van der Waals surface area contributed by atoms with Crippen molar-refractivity contribution in [1.82, 2.24) is 4.98 Å². The van der Waals surface area contributed by atoms with Gasteiger partial charge in [-0.3, -0.25) is 0 Å². The molecule has 2 aliphatic carbocycles. The van der Waals surface area contributed by atoms with Crippen molar-refractivity contribution in [2.75, 3.05) is 18.5 Å². The van der Waals surface area contributed by atoms with Crippen LogP contribution in [-0.2, 0) is 0 Å². The fourth-order valence-corrected chi connectivity index (χ4v) is 4.24. The highest BCUT2D eigenvalue weighted by atomic mass is 16.4. The number of pyridine rings is 1. The Morgan fingerprint density at radius 2 is 2.29 bits per heavy atom. The molecule has 0 aromatic carbocycles.